The van der Waals surface area contributed by atoms with Crippen molar-refractivity contribution in [3.05, 3.63) is 34.9 Å². The van der Waals surface area contributed by atoms with E-state index in [1.165, 1.54) is 10.9 Å². The minimum atomic E-state index is 0. The molecule has 3 heteroatoms. The second-order valence-corrected chi connectivity index (χ2v) is 3.06. The maximum atomic E-state index is 3.37. The first-order chi connectivity index (χ1) is 4.86. The molecular weight excluding hydrogens is 214 g/mol. The van der Waals surface area contributed by atoms with Crippen LogP contribution < -0.4 is 0 Å². The predicted molar refractivity (Wildman–Crippen MR) is 54.0 cm³/mol. The molecule has 0 aliphatic heterocycles. The Morgan fingerprint density at radius 1 is 1.27 bits per heavy atom. The summed E-state index contributed by atoms with van der Waals surface area (Å²) in [5.41, 5.74) is 1.18. The van der Waals surface area contributed by atoms with Crippen molar-refractivity contribution >= 4 is 49.9 Å². The van der Waals surface area contributed by atoms with Gasteiger partial charge in [0.25, 0.3) is 0 Å². The van der Waals surface area contributed by atoms with Crippen LogP contribution in [0.25, 0.3) is 10.9 Å². The Labute approximate surface area is 92.4 Å². The monoisotopic (exact) mass is 221 g/mol. The molecule has 0 fully saturated rings. The molecule has 0 aliphatic rings. The minimum absolute atomic E-state index is 0. The van der Waals surface area contributed by atoms with Gasteiger partial charge in [0.2, 0.25) is 0 Å². The van der Waals surface area contributed by atoms with E-state index in [2.05, 4.69) is 39.1 Å². The molecule has 1 aromatic carbocycles. The van der Waals surface area contributed by atoms with Crippen molar-refractivity contribution in [2.24, 2.45) is 0 Å². The van der Waals surface area contributed by atoms with Gasteiger partial charge in [0.15, 0.2) is 0 Å². The van der Waals surface area contributed by atoms with Crippen LogP contribution in [0, 0.1) is 0 Å². The summed E-state index contributed by atoms with van der Waals surface area (Å²) in [4.78, 5) is 3.18. The van der Waals surface area contributed by atoms with Gasteiger partial charge in [-0.25, -0.2) is 0 Å². The molecule has 0 bridgehead atoms. The van der Waals surface area contributed by atoms with Gasteiger partial charge in [-0.2, -0.15) is 0 Å². The Kier molecular flexibility index (Phi) is 2.98. The molecule has 1 N–H and O–H groups in total. The van der Waals surface area contributed by atoms with E-state index in [1.807, 2.05) is 12.1 Å². The number of benzene rings is 1. The van der Waals surface area contributed by atoms with Crippen molar-refractivity contribution in [3.63, 3.8) is 0 Å². The van der Waals surface area contributed by atoms with Crippen LogP contribution in [-0.4, -0.2) is 28.0 Å². The summed E-state index contributed by atoms with van der Waals surface area (Å²) < 4.78 is 1.04. The Bertz CT molecular complexity index is 331. The summed E-state index contributed by atoms with van der Waals surface area (Å²) in [7, 11) is 0. The van der Waals surface area contributed by atoms with Gasteiger partial charge in [0.05, 0.1) is 4.60 Å². The molecule has 0 spiro atoms. The summed E-state index contributed by atoms with van der Waals surface area (Å²) in [6, 6.07) is 10.2. The van der Waals surface area contributed by atoms with E-state index in [0.717, 1.165) is 4.60 Å². The number of aromatic amines is 1. The molecule has 11 heavy (non-hydrogen) atoms. The number of nitrogens with one attached hydrogen (secondary N) is 1. The predicted octanol–water partition coefficient (Wildman–Crippen LogP) is 2.77. The quantitative estimate of drug-likeness (QED) is 0.660. The SMILES string of the molecule is Brc1cc2ccccc2[nH]1.[H-].[H-].[Mg+2]. The molecule has 0 amide bonds. The molecule has 1 nitrogen and oxygen atoms in total. The summed E-state index contributed by atoms with van der Waals surface area (Å²) in [6.45, 7) is 0. The summed E-state index contributed by atoms with van der Waals surface area (Å²) in [5.74, 6) is 0. The second-order valence-electron chi connectivity index (χ2n) is 2.20. The molecule has 2 rings (SSSR count). The summed E-state index contributed by atoms with van der Waals surface area (Å²) in [5, 5.41) is 1.24. The fourth-order valence-corrected chi connectivity index (χ4v) is 1.50. The van der Waals surface area contributed by atoms with E-state index in [1.54, 1.807) is 0 Å². The molecule has 54 valence electrons. The topological polar surface area (TPSA) is 15.8 Å². The molecule has 0 atom stereocenters. The van der Waals surface area contributed by atoms with Gasteiger partial charge in [-0.1, -0.05) is 18.2 Å². The van der Waals surface area contributed by atoms with E-state index in [-0.39, 0.29) is 25.9 Å². The zero-order valence-corrected chi connectivity index (χ0v) is 8.97. The Hall–Kier alpha value is 0.00623. The Morgan fingerprint density at radius 3 is 2.73 bits per heavy atom. The molecule has 0 unspecified atom stereocenters. The number of halogens is 1. The largest absolute Gasteiger partial charge is 2.00 e. The van der Waals surface area contributed by atoms with Gasteiger partial charge >= 0.3 is 23.1 Å². The third kappa shape index (κ3) is 1.78. The van der Waals surface area contributed by atoms with Gasteiger partial charge in [0.1, 0.15) is 0 Å². The van der Waals surface area contributed by atoms with Crippen molar-refractivity contribution in [2.75, 3.05) is 0 Å². The van der Waals surface area contributed by atoms with Gasteiger partial charge in [-0.15, -0.1) is 0 Å². The minimum Gasteiger partial charge on any atom is -1.00 e. The number of fused-ring (bicyclic) bond motifs is 1. The van der Waals surface area contributed by atoms with Gasteiger partial charge in [-0.3, -0.25) is 0 Å². The van der Waals surface area contributed by atoms with Crippen LogP contribution in [0.15, 0.2) is 34.9 Å². The average molecular weight is 222 g/mol. The fraction of sp³-hybridized carbons (Fsp3) is 0. The van der Waals surface area contributed by atoms with Gasteiger partial charge < -0.3 is 7.84 Å². The number of rotatable bonds is 0. The maximum Gasteiger partial charge on any atom is 2.00 e. The normalized spacial score (nSPS) is 9.55. The van der Waals surface area contributed by atoms with Crippen molar-refractivity contribution in [2.45, 2.75) is 0 Å². The number of para-hydroxylation sites is 1. The van der Waals surface area contributed by atoms with E-state index in [0.29, 0.717) is 0 Å². The molecule has 0 saturated heterocycles. The van der Waals surface area contributed by atoms with E-state index in [9.17, 15) is 0 Å². The van der Waals surface area contributed by atoms with Crippen molar-refractivity contribution in [1.29, 1.82) is 0 Å². The third-order valence-electron chi connectivity index (χ3n) is 1.50. The average Bonchev–Trinajstić information content (AvgIpc) is 2.27. The van der Waals surface area contributed by atoms with Crippen LogP contribution >= 0.6 is 15.9 Å². The van der Waals surface area contributed by atoms with Crippen molar-refractivity contribution in [1.82, 2.24) is 4.98 Å². The molecule has 0 saturated carbocycles. The molecule has 0 radical (unpaired) electrons. The number of H-pyrrole nitrogens is 1. The van der Waals surface area contributed by atoms with E-state index in [4.69, 9.17) is 0 Å². The standard InChI is InChI=1S/C8H6BrN.Mg.2H/c9-8-5-6-3-1-2-4-7(6)10-8;;;/h1-5,10H;;;/q;+2;2*-1. The third-order valence-corrected chi connectivity index (χ3v) is 1.92. The van der Waals surface area contributed by atoms with Crippen molar-refractivity contribution < 1.29 is 2.85 Å². The van der Waals surface area contributed by atoms with Crippen LogP contribution in [0.5, 0.6) is 0 Å². The Morgan fingerprint density at radius 2 is 2.00 bits per heavy atom. The first-order valence-corrected chi connectivity index (χ1v) is 3.89. The number of aromatic nitrogens is 1. The first kappa shape index (κ1) is 9.10. The molecule has 1 heterocycles. The Balaban J connectivity index is 0. The van der Waals surface area contributed by atoms with Crippen LogP contribution in [-0.2, 0) is 0 Å². The van der Waals surface area contributed by atoms with E-state index >= 15 is 0 Å². The van der Waals surface area contributed by atoms with Crippen LogP contribution in [0.3, 0.4) is 0 Å². The number of hydrogen-bond acceptors (Lipinski definition) is 0. The molecule has 2 aromatic rings. The molecule has 0 aliphatic carbocycles. The number of hydrogen-bond donors (Lipinski definition) is 1. The fourth-order valence-electron chi connectivity index (χ4n) is 1.04. The summed E-state index contributed by atoms with van der Waals surface area (Å²) in [6.07, 6.45) is 0. The molecule has 1 aromatic heterocycles. The molecular formula is C8H8BrMgN. The zero-order chi connectivity index (χ0) is 6.97. The zero-order valence-electron chi connectivity index (χ0n) is 7.97. The second kappa shape index (κ2) is 3.60. The van der Waals surface area contributed by atoms with Gasteiger partial charge in [-0.05, 0) is 28.1 Å². The van der Waals surface area contributed by atoms with Gasteiger partial charge in [0, 0.05) is 10.9 Å². The first-order valence-electron chi connectivity index (χ1n) is 3.09. The summed E-state index contributed by atoms with van der Waals surface area (Å²) >= 11 is 3.37. The van der Waals surface area contributed by atoms with Crippen LogP contribution in [0.2, 0.25) is 0 Å². The maximum absolute atomic E-state index is 3.37. The smallest absolute Gasteiger partial charge is 1.00 e. The van der Waals surface area contributed by atoms with E-state index < -0.39 is 0 Å². The van der Waals surface area contributed by atoms with Crippen LogP contribution in [0.1, 0.15) is 2.85 Å². The van der Waals surface area contributed by atoms with Crippen LogP contribution in [0.4, 0.5) is 0 Å². The van der Waals surface area contributed by atoms with Crippen molar-refractivity contribution in [3.8, 4) is 0 Å².